The summed E-state index contributed by atoms with van der Waals surface area (Å²) in [4.78, 5) is 15.5. The molecule has 18 heavy (non-hydrogen) atoms. The Kier molecular flexibility index (Phi) is 4.35. The first-order valence-corrected chi connectivity index (χ1v) is 7.35. The number of hydrogen-bond donors (Lipinski definition) is 2. The van der Waals surface area contributed by atoms with Crippen molar-refractivity contribution in [2.75, 3.05) is 0 Å². The minimum absolute atomic E-state index is 0.179. The normalized spacial score (nSPS) is 25.9. The maximum absolute atomic E-state index is 11.0. The minimum Gasteiger partial charge on any atom is -0.481 e. The van der Waals surface area contributed by atoms with Gasteiger partial charge in [0.25, 0.3) is 0 Å². The molecule has 1 aliphatic rings. The predicted octanol–water partition coefficient (Wildman–Crippen LogP) is 2.75. The lowest BCUT2D eigenvalue weighted by Gasteiger charge is -2.29. The molecule has 2 N–H and O–H groups in total. The van der Waals surface area contributed by atoms with Gasteiger partial charge >= 0.3 is 5.97 Å². The first kappa shape index (κ1) is 13.5. The SMILES string of the molecule is Cc1csc(C(C)NC2CCCC(C(=O)O)C2)n1. The van der Waals surface area contributed by atoms with Crippen LogP contribution in [0.25, 0.3) is 0 Å². The van der Waals surface area contributed by atoms with Crippen molar-refractivity contribution < 1.29 is 9.90 Å². The van der Waals surface area contributed by atoms with Crippen LogP contribution in [-0.4, -0.2) is 22.1 Å². The highest BCUT2D eigenvalue weighted by molar-refractivity contribution is 7.09. The van der Waals surface area contributed by atoms with Crippen LogP contribution in [0, 0.1) is 12.8 Å². The van der Waals surface area contributed by atoms with Gasteiger partial charge in [0.1, 0.15) is 5.01 Å². The lowest BCUT2D eigenvalue weighted by Crippen LogP contribution is -2.37. The first-order chi connectivity index (χ1) is 8.56. The van der Waals surface area contributed by atoms with E-state index in [1.807, 2.05) is 6.92 Å². The number of rotatable bonds is 4. The summed E-state index contributed by atoms with van der Waals surface area (Å²) in [7, 11) is 0. The summed E-state index contributed by atoms with van der Waals surface area (Å²) in [6.07, 6.45) is 3.62. The van der Waals surface area contributed by atoms with E-state index in [1.165, 1.54) is 0 Å². The van der Waals surface area contributed by atoms with Gasteiger partial charge < -0.3 is 10.4 Å². The summed E-state index contributed by atoms with van der Waals surface area (Å²) in [6.45, 7) is 4.09. The first-order valence-electron chi connectivity index (χ1n) is 6.47. The molecule has 5 heteroatoms. The van der Waals surface area contributed by atoms with Crippen molar-refractivity contribution in [2.24, 2.45) is 5.92 Å². The van der Waals surface area contributed by atoms with E-state index in [9.17, 15) is 4.79 Å². The quantitative estimate of drug-likeness (QED) is 0.881. The van der Waals surface area contributed by atoms with Crippen LogP contribution in [0.4, 0.5) is 0 Å². The molecule has 0 saturated heterocycles. The number of nitrogens with zero attached hydrogens (tertiary/aromatic N) is 1. The Labute approximate surface area is 111 Å². The van der Waals surface area contributed by atoms with Crippen molar-refractivity contribution in [3.63, 3.8) is 0 Å². The topological polar surface area (TPSA) is 62.2 Å². The summed E-state index contributed by atoms with van der Waals surface area (Å²) in [5.74, 6) is -0.833. The van der Waals surface area contributed by atoms with Crippen molar-refractivity contribution in [3.8, 4) is 0 Å². The van der Waals surface area contributed by atoms with Crippen molar-refractivity contribution in [1.82, 2.24) is 10.3 Å². The fourth-order valence-electron chi connectivity index (χ4n) is 2.56. The molecule has 100 valence electrons. The second-order valence-corrected chi connectivity index (χ2v) is 6.00. The van der Waals surface area contributed by atoms with Gasteiger partial charge in [-0.2, -0.15) is 0 Å². The number of aromatic nitrogens is 1. The van der Waals surface area contributed by atoms with Gasteiger partial charge in [0.05, 0.1) is 12.0 Å². The number of hydrogen-bond acceptors (Lipinski definition) is 4. The van der Waals surface area contributed by atoms with Gasteiger partial charge in [0.2, 0.25) is 0 Å². The maximum atomic E-state index is 11.0. The van der Waals surface area contributed by atoms with Gasteiger partial charge in [-0.25, -0.2) is 4.98 Å². The highest BCUT2D eigenvalue weighted by Gasteiger charge is 2.28. The van der Waals surface area contributed by atoms with Crippen molar-refractivity contribution in [3.05, 3.63) is 16.1 Å². The number of thiazole rings is 1. The van der Waals surface area contributed by atoms with Crippen LogP contribution < -0.4 is 5.32 Å². The molecule has 1 saturated carbocycles. The third kappa shape index (κ3) is 3.29. The molecule has 0 spiro atoms. The Bertz CT molecular complexity index is 419. The maximum Gasteiger partial charge on any atom is 0.306 e. The average Bonchev–Trinajstić information content (AvgIpc) is 2.76. The zero-order valence-corrected chi connectivity index (χ0v) is 11.7. The predicted molar refractivity (Wildman–Crippen MR) is 71.8 cm³/mol. The van der Waals surface area contributed by atoms with Crippen LogP contribution in [0.5, 0.6) is 0 Å². The number of aryl methyl sites for hydroxylation is 1. The molecule has 3 unspecified atom stereocenters. The molecule has 0 aliphatic heterocycles. The second-order valence-electron chi connectivity index (χ2n) is 5.11. The van der Waals surface area contributed by atoms with Crippen LogP contribution in [0.15, 0.2) is 5.38 Å². The largest absolute Gasteiger partial charge is 0.481 e. The average molecular weight is 268 g/mol. The molecular formula is C13H20N2O2S. The molecule has 1 aromatic rings. The monoisotopic (exact) mass is 268 g/mol. The highest BCUT2D eigenvalue weighted by Crippen LogP contribution is 2.27. The van der Waals surface area contributed by atoms with Crippen LogP contribution in [0.3, 0.4) is 0 Å². The van der Waals surface area contributed by atoms with E-state index < -0.39 is 5.97 Å². The molecule has 0 aromatic carbocycles. The van der Waals surface area contributed by atoms with Crippen molar-refractivity contribution >= 4 is 17.3 Å². The standard InChI is InChI=1S/C13H20N2O2S/c1-8-7-18-12(14-8)9(2)15-11-5-3-4-10(6-11)13(16)17/h7,9-11,15H,3-6H2,1-2H3,(H,16,17). The molecule has 1 heterocycles. The molecule has 0 amide bonds. The zero-order chi connectivity index (χ0) is 13.1. The summed E-state index contributed by atoms with van der Waals surface area (Å²) in [6, 6.07) is 0.514. The Morgan fingerprint density at radius 1 is 1.61 bits per heavy atom. The fourth-order valence-corrected chi connectivity index (χ4v) is 3.37. The molecule has 1 aliphatic carbocycles. The zero-order valence-electron chi connectivity index (χ0n) is 10.8. The lowest BCUT2D eigenvalue weighted by molar-refractivity contribution is -0.143. The van der Waals surface area contributed by atoms with Gasteiger partial charge in [0.15, 0.2) is 0 Å². The van der Waals surface area contributed by atoms with E-state index in [0.717, 1.165) is 36.4 Å². The van der Waals surface area contributed by atoms with Crippen LogP contribution in [0.2, 0.25) is 0 Å². The van der Waals surface area contributed by atoms with E-state index >= 15 is 0 Å². The lowest BCUT2D eigenvalue weighted by atomic mass is 9.85. The Balaban J connectivity index is 1.91. The van der Waals surface area contributed by atoms with Gasteiger partial charge in [0, 0.05) is 17.1 Å². The number of carbonyl (C=O) groups is 1. The third-order valence-corrected chi connectivity index (χ3v) is 4.66. The van der Waals surface area contributed by atoms with E-state index in [0.29, 0.717) is 6.04 Å². The second kappa shape index (κ2) is 5.80. The smallest absolute Gasteiger partial charge is 0.306 e. The number of nitrogens with one attached hydrogen (secondary N) is 1. The molecule has 4 nitrogen and oxygen atoms in total. The molecule has 0 radical (unpaired) electrons. The van der Waals surface area contributed by atoms with Crippen molar-refractivity contribution in [2.45, 2.75) is 51.6 Å². The summed E-state index contributed by atoms with van der Waals surface area (Å²) in [5.41, 5.74) is 1.05. The molecule has 3 atom stereocenters. The molecule has 2 rings (SSSR count). The highest BCUT2D eigenvalue weighted by atomic mass is 32.1. The third-order valence-electron chi connectivity index (χ3n) is 3.52. The van der Waals surface area contributed by atoms with E-state index in [1.54, 1.807) is 11.3 Å². The summed E-state index contributed by atoms with van der Waals surface area (Å²) in [5, 5.41) is 15.7. The molecule has 0 bridgehead atoms. The molecule has 1 fully saturated rings. The van der Waals surface area contributed by atoms with Gasteiger partial charge in [-0.3, -0.25) is 4.79 Å². The fraction of sp³-hybridized carbons (Fsp3) is 0.692. The molecule has 1 aromatic heterocycles. The number of aliphatic carboxylic acids is 1. The Morgan fingerprint density at radius 3 is 3.00 bits per heavy atom. The summed E-state index contributed by atoms with van der Waals surface area (Å²) >= 11 is 1.66. The van der Waals surface area contributed by atoms with Gasteiger partial charge in [-0.05, 0) is 33.1 Å². The Morgan fingerprint density at radius 2 is 2.39 bits per heavy atom. The van der Waals surface area contributed by atoms with E-state index in [2.05, 4.69) is 22.6 Å². The minimum atomic E-state index is -0.653. The number of carboxylic acids is 1. The van der Waals surface area contributed by atoms with Crippen LogP contribution >= 0.6 is 11.3 Å². The van der Waals surface area contributed by atoms with Crippen LogP contribution in [0.1, 0.15) is 49.4 Å². The van der Waals surface area contributed by atoms with Gasteiger partial charge in [-0.1, -0.05) is 6.42 Å². The Hall–Kier alpha value is -0.940. The molecular weight excluding hydrogens is 248 g/mol. The van der Waals surface area contributed by atoms with Gasteiger partial charge in [-0.15, -0.1) is 11.3 Å². The van der Waals surface area contributed by atoms with Crippen LogP contribution in [-0.2, 0) is 4.79 Å². The van der Waals surface area contributed by atoms with Crippen molar-refractivity contribution in [1.29, 1.82) is 0 Å². The summed E-state index contributed by atoms with van der Waals surface area (Å²) < 4.78 is 0. The van der Waals surface area contributed by atoms with E-state index in [-0.39, 0.29) is 12.0 Å². The van der Waals surface area contributed by atoms with E-state index in [4.69, 9.17) is 5.11 Å². The number of carboxylic acid groups (broad SMARTS) is 1.